The summed E-state index contributed by atoms with van der Waals surface area (Å²) in [6, 6.07) is 9.60. The van der Waals surface area contributed by atoms with Crippen molar-refractivity contribution in [3.8, 4) is 0 Å². The third-order valence-electron chi connectivity index (χ3n) is 4.17. The van der Waals surface area contributed by atoms with Crippen LogP contribution in [0.3, 0.4) is 0 Å². The van der Waals surface area contributed by atoms with E-state index < -0.39 is 10.8 Å². The summed E-state index contributed by atoms with van der Waals surface area (Å²) in [5, 5.41) is 3.68. The zero-order chi connectivity index (χ0) is 18.1. The molecule has 1 fully saturated rings. The number of amides is 1. The molecule has 0 saturated heterocycles. The van der Waals surface area contributed by atoms with Crippen molar-refractivity contribution in [1.29, 1.82) is 0 Å². The zero-order valence-electron chi connectivity index (χ0n) is 13.4. The first-order chi connectivity index (χ1) is 11.9. The lowest BCUT2D eigenvalue weighted by Crippen LogP contribution is -2.15. The van der Waals surface area contributed by atoms with Gasteiger partial charge in [0.1, 0.15) is 5.82 Å². The van der Waals surface area contributed by atoms with E-state index in [1.54, 1.807) is 36.6 Å². The first kappa shape index (κ1) is 18.4. The van der Waals surface area contributed by atoms with Crippen LogP contribution in [-0.4, -0.2) is 16.4 Å². The number of hydrogen-bond acceptors (Lipinski definition) is 2. The molecule has 0 heterocycles. The Morgan fingerprint density at radius 2 is 2.04 bits per heavy atom. The highest BCUT2D eigenvalue weighted by Gasteiger charge is 2.46. The Labute approximate surface area is 158 Å². The van der Waals surface area contributed by atoms with Crippen LogP contribution in [0.1, 0.15) is 23.5 Å². The van der Waals surface area contributed by atoms with Gasteiger partial charge in [-0.25, -0.2) is 4.39 Å². The fourth-order valence-corrected chi connectivity index (χ4v) is 4.13. The normalized spacial score (nSPS) is 20.2. The minimum Gasteiger partial charge on any atom is -0.326 e. The Balaban J connectivity index is 1.71. The molecule has 1 aliphatic rings. The van der Waals surface area contributed by atoms with Crippen molar-refractivity contribution in [1.82, 2.24) is 0 Å². The second kappa shape index (κ2) is 7.44. The first-order valence-corrected chi connectivity index (χ1v) is 10.2. The van der Waals surface area contributed by atoms with Gasteiger partial charge in [-0.1, -0.05) is 29.3 Å². The van der Waals surface area contributed by atoms with Crippen molar-refractivity contribution < 1.29 is 13.4 Å². The molecule has 3 rings (SSSR count). The molecule has 1 aliphatic carbocycles. The summed E-state index contributed by atoms with van der Waals surface area (Å²) >= 11 is 12.2. The van der Waals surface area contributed by atoms with E-state index in [0.29, 0.717) is 39.0 Å². The number of carbonyl (C=O) groups is 1. The summed E-state index contributed by atoms with van der Waals surface area (Å²) in [5.74, 6) is -0.765. The zero-order valence-corrected chi connectivity index (χ0v) is 15.7. The molecule has 0 bridgehead atoms. The van der Waals surface area contributed by atoms with Gasteiger partial charge in [-0.05, 0) is 42.3 Å². The molecular weight excluding hydrogens is 384 g/mol. The van der Waals surface area contributed by atoms with Crippen LogP contribution in [0.5, 0.6) is 0 Å². The number of anilines is 1. The molecule has 132 valence electrons. The SMILES string of the molecule is C[S@](=O)Cc1cc(NC(=O)[C@@H]2C[C@@H]2c2c(F)cccc2Cl)ccc1Cl. The Morgan fingerprint density at radius 3 is 2.72 bits per heavy atom. The molecule has 2 aromatic carbocycles. The Bertz CT molecular complexity index is 839. The van der Waals surface area contributed by atoms with Crippen molar-refractivity contribution in [2.24, 2.45) is 5.92 Å². The van der Waals surface area contributed by atoms with E-state index in [1.807, 2.05) is 0 Å². The molecule has 0 aliphatic heterocycles. The van der Waals surface area contributed by atoms with Gasteiger partial charge >= 0.3 is 0 Å². The van der Waals surface area contributed by atoms with Crippen molar-refractivity contribution in [3.63, 3.8) is 0 Å². The molecule has 0 radical (unpaired) electrons. The number of nitrogens with one attached hydrogen (secondary N) is 1. The average Bonchev–Trinajstić information content (AvgIpc) is 3.30. The fraction of sp³-hybridized carbons (Fsp3) is 0.278. The van der Waals surface area contributed by atoms with Crippen molar-refractivity contribution in [2.45, 2.75) is 18.1 Å². The molecule has 25 heavy (non-hydrogen) atoms. The molecular formula is C18H16Cl2FNO2S. The van der Waals surface area contributed by atoms with E-state index in [1.165, 1.54) is 6.07 Å². The van der Waals surface area contributed by atoms with Gasteiger partial charge in [0.05, 0.1) is 0 Å². The van der Waals surface area contributed by atoms with Gasteiger partial charge in [0.15, 0.2) is 0 Å². The van der Waals surface area contributed by atoms with Gasteiger partial charge in [0, 0.05) is 55.9 Å². The van der Waals surface area contributed by atoms with Crippen molar-refractivity contribution in [3.05, 3.63) is 63.4 Å². The minimum atomic E-state index is -1.03. The Kier molecular flexibility index (Phi) is 5.46. The van der Waals surface area contributed by atoms with Gasteiger partial charge in [-0.2, -0.15) is 0 Å². The quantitative estimate of drug-likeness (QED) is 0.787. The molecule has 1 amide bonds. The highest BCUT2D eigenvalue weighted by Crippen LogP contribution is 2.50. The molecule has 1 N–H and O–H groups in total. The number of benzene rings is 2. The third kappa shape index (κ3) is 4.22. The molecule has 0 unspecified atom stereocenters. The van der Waals surface area contributed by atoms with Gasteiger partial charge in [0.25, 0.3) is 0 Å². The number of halogens is 3. The maximum Gasteiger partial charge on any atom is 0.228 e. The van der Waals surface area contributed by atoms with Crippen molar-refractivity contribution in [2.75, 3.05) is 11.6 Å². The number of carbonyl (C=O) groups excluding carboxylic acids is 1. The topological polar surface area (TPSA) is 46.2 Å². The maximum absolute atomic E-state index is 14.0. The standard InChI is InChI=1S/C18H16Cl2FNO2S/c1-25(24)9-10-7-11(5-6-14(10)19)22-18(23)13-8-12(13)17-15(20)3-2-4-16(17)21/h2-7,12-13H,8-9H2,1H3,(H,22,23)/t12-,13+,25-/m0/s1. The van der Waals surface area contributed by atoms with E-state index >= 15 is 0 Å². The number of rotatable bonds is 5. The lowest BCUT2D eigenvalue weighted by molar-refractivity contribution is -0.117. The fourth-order valence-electron chi connectivity index (χ4n) is 2.89. The van der Waals surface area contributed by atoms with E-state index in [-0.39, 0.29) is 23.6 Å². The Hall–Kier alpha value is -1.43. The third-order valence-corrected chi connectivity index (χ3v) is 5.59. The lowest BCUT2D eigenvalue weighted by Gasteiger charge is -2.09. The maximum atomic E-state index is 14.0. The smallest absolute Gasteiger partial charge is 0.228 e. The monoisotopic (exact) mass is 399 g/mol. The molecule has 0 aromatic heterocycles. The summed E-state index contributed by atoms with van der Waals surface area (Å²) in [6.07, 6.45) is 2.15. The van der Waals surface area contributed by atoms with Crippen molar-refractivity contribution >= 4 is 45.6 Å². The second-order valence-corrected chi connectivity index (χ2v) is 8.35. The molecule has 1 saturated carbocycles. The van der Waals surface area contributed by atoms with Crippen LogP contribution in [0.15, 0.2) is 36.4 Å². The van der Waals surface area contributed by atoms with Gasteiger partial charge < -0.3 is 5.32 Å². The summed E-state index contributed by atoms with van der Waals surface area (Å²) in [7, 11) is -1.03. The summed E-state index contributed by atoms with van der Waals surface area (Å²) in [5.41, 5.74) is 1.70. The Morgan fingerprint density at radius 1 is 1.28 bits per heavy atom. The lowest BCUT2D eigenvalue weighted by atomic mass is 10.1. The number of hydrogen-bond donors (Lipinski definition) is 1. The van der Waals surface area contributed by atoms with Crippen LogP contribution in [0.25, 0.3) is 0 Å². The molecule has 7 heteroatoms. The highest BCUT2D eigenvalue weighted by molar-refractivity contribution is 7.83. The largest absolute Gasteiger partial charge is 0.326 e. The van der Waals surface area contributed by atoms with Crippen LogP contribution in [0.4, 0.5) is 10.1 Å². The predicted molar refractivity (Wildman–Crippen MR) is 100 cm³/mol. The van der Waals surface area contributed by atoms with E-state index in [4.69, 9.17) is 23.2 Å². The highest BCUT2D eigenvalue weighted by atomic mass is 35.5. The minimum absolute atomic E-state index is 0.185. The average molecular weight is 400 g/mol. The molecule has 2 aromatic rings. The summed E-state index contributed by atoms with van der Waals surface area (Å²) in [6.45, 7) is 0. The van der Waals surface area contributed by atoms with Gasteiger partial charge in [-0.15, -0.1) is 0 Å². The van der Waals surface area contributed by atoms with Gasteiger partial charge in [0.2, 0.25) is 5.91 Å². The molecule has 3 nitrogen and oxygen atoms in total. The molecule has 3 atom stereocenters. The predicted octanol–water partition coefficient (Wildman–Crippen LogP) is 4.75. The van der Waals surface area contributed by atoms with Crippen LogP contribution in [0.2, 0.25) is 10.0 Å². The summed E-state index contributed by atoms with van der Waals surface area (Å²) in [4.78, 5) is 12.4. The second-order valence-electron chi connectivity index (χ2n) is 6.10. The van der Waals surface area contributed by atoms with E-state index in [0.717, 1.165) is 0 Å². The van der Waals surface area contributed by atoms with Crippen LogP contribution < -0.4 is 5.32 Å². The summed E-state index contributed by atoms with van der Waals surface area (Å²) < 4.78 is 25.4. The van der Waals surface area contributed by atoms with Crippen LogP contribution in [-0.2, 0) is 21.3 Å². The van der Waals surface area contributed by atoms with Gasteiger partial charge in [-0.3, -0.25) is 9.00 Å². The van der Waals surface area contributed by atoms with Crippen LogP contribution >= 0.6 is 23.2 Å². The van der Waals surface area contributed by atoms with E-state index in [9.17, 15) is 13.4 Å². The molecule has 0 spiro atoms. The first-order valence-electron chi connectivity index (χ1n) is 7.70. The van der Waals surface area contributed by atoms with Crippen LogP contribution in [0, 0.1) is 11.7 Å². The van der Waals surface area contributed by atoms with E-state index in [2.05, 4.69) is 5.32 Å².